The first kappa shape index (κ1) is 16.2. The fraction of sp³-hybridized carbons (Fsp3) is 0.0952. The monoisotopic (exact) mass is 380 g/mol. The lowest BCUT2D eigenvalue weighted by Gasteiger charge is -2.35. The number of pyridine rings is 1. The highest BCUT2D eigenvalue weighted by molar-refractivity contribution is 6.97. The van der Waals surface area contributed by atoms with Gasteiger partial charge in [0.05, 0.1) is 14.1 Å². The molecule has 2 aliphatic heterocycles. The van der Waals surface area contributed by atoms with E-state index in [-0.39, 0.29) is 6.71 Å². The van der Waals surface area contributed by atoms with Gasteiger partial charge in [0.1, 0.15) is 28.4 Å². The van der Waals surface area contributed by atoms with Gasteiger partial charge in [-0.05, 0) is 18.2 Å². The molecule has 5 heterocycles. The number of nitrogens with zero attached hydrogens (tertiary/aromatic N) is 6. The summed E-state index contributed by atoms with van der Waals surface area (Å²) in [5.74, 6) is 2.44. The molecule has 0 aliphatic carbocycles. The van der Waals surface area contributed by atoms with Gasteiger partial charge in [-0.1, -0.05) is 28.2 Å². The molecule has 0 bridgehead atoms. The summed E-state index contributed by atoms with van der Waals surface area (Å²) >= 11 is 0. The Hall–Kier alpha value is -3.81. The standard InChI is InChI=1S/C21H17BN6O/c1-26-12-23-10-15-19(26)22-18-16(29-17-11-24-13-27(2)20(17)22)8-9-25-21(18)28(15)14-6-4-3-5-7-14/h3-13H,1-2H3/q+2. The number of anilines is 3. The molecule has 4 aromatic rings. The molecule has 8 heteroatoms. The van der Waals surface area contributed by atoms with Crippen molar-refractivity contribution < 1.29 is 13.9 Å². The molecule has 6 rings (SSSR count). The Labute approximate surface area is 168 Å². The van der Waals surface area contributed by atoms with Crippen molar-refractivity contribution in [3.05, 3.63) is 67.6 Å². The van der Waals surface area contributed by atoms with E-state index in [4.69, 9.17) is 9.72 Å². The summed E-state index contributed by atoms with van der Waals surface area (Å²) in [6.45, 7) is -0.0339. The lowest BCUT2D eigenvalue weighted by atomic mass is 9.37. The van der Waals surface area contributed by atoms with Crippen LogP contribution in [0.3, 0.4) is 0 Å². The third-order valence-electron chi connectivity index (χ3n) is 5.59. The van der Waals surface area contributed by atoms with Gasteiger partial charge in [-0.2, -0.15) is 0 Å². The van der Waals surface area contributed by atoms with Crippen molar-refractivity contribution in [2.75, 3.05) is 4.90 Å². The summed E-state index contributed by atoms with van der Waals surface area (Å²) in [5.41, 5.74) is 5.29. The number of benzene rings is 1. The van der Waals surface area contributed by atoms with Crippen LogP contribution in [-0.4, -0.2) is 21.7 Å². The average Bonchev–Trinajstić information content (AvgIpc) is 2.74. The van der Waals surface area contributed by atoms with E-state index in [9.17, 15) is 0 Å². The molecule has 0 saturated carbocycles. The van der Waals surface area contributed by atoms with Crippen molar-refractivity contribution in [2.45, 2.75) is 0 Å². The van der Waals surface area contributed by atoms with E-state index >= 15 is 0 Å². The number of aryl methyl sites for hydroxylation is 2. The van der Waals surface area contributed by atoms with Crippen molar-refractivity contribution in [2.24, 2.45) is 14.1 Å². The van der Waals surface area contributed by atoms with E-state index in [0.717, 1.165) is 45.3 Å². The van der Waals surface area contributed by atoms with Crippen LogP contribution in [0.2, 0.25) is 0 Å². The molecule has 0 unspecified atom stereocenters. The van der Waals surface area contributed by atoms with Gasteiger partial charge in [0.2, 0.25) is 5.75 Å². The number of hydrogen-bond donors (Lipinski definition) is 0. The molecular weight excluding hydrogens is 363 g/mol. The Kier molecular flexibility index (Phi) is 3.26. The van der Waals surface area contributed by atoms with Gasteiger partial charge in [-0.3, -0.25) is 4.90 Å². The topological polar surface area (TPSA) is 58.9 Å². The lowest BCUT2D eigenvalue weighted by Crippen LogP contribution is -2.74. The predicted octanol–water partition coefficient (Wildman–Crippen LogP) is -0.0743. The molecule has 0 atom stereocenters. The van der Waals surface area contributed by atoms with Crippen LogP contribution in [0.4, 0.5) is 17.2 Å². The Balaban J connectivity index is 1.74. The first-order chi connectivity index (χ1) is 14.2. The Morgan fingerprint density at radius 1 is 0.897 bits per heavy atom. The number of fused-ring (bicyclic) bond motifs is 4. The molecule has 29 heavy (non-hydrogen) atoms. The summed E-state index contributed by atoms with van der Waals surface area (Å²) < 4.78 is 10.4. The van der Waals surface area contributed by atoms with Crippen molar-refractivity contribution in [1.29, 1.82) is 0 Å². The van der Waals surface area contributed by atoms with E-state index in [1.807, 2.05) is 61.8 Å². The van der Waals surface area contributed by atoms with Gasteiger partial charge >= 0.3 is 6.71 Å². The number of aromatic nitrogens is 5. The van der Waals surface area contributed by atoms with E-state index < -0.39 is 0 Å². The molecule has 2 aliphatic rings. The third-order valence-corrected chi connectivity index (χ3v) is 5.59. The highest BCUT2D eigenvalue weighted by Gasteiger charge is 2.50. The molecule has 3 aromatic heterocycles. The molecular formula is C21H17BN6O+2. The quantitative estimate of drug-likeness (QED) is 0.295. The van der Waals surface area contributed by atoms with Crippen LogP contribution in [0.15, 0.2) is 67.6 Å². The SMILES string of the molecule is C[n+]1cncc2c1B1c3c(ccnc3N(c3ccccc3)c3cnc[n+](C)c31)O2. The van der Waals surface area contributed by atoms with E-state index in [1.165, 1.54) is 0 Å². The number of hydrogen-bond acceptors (Lipinski definition) is 5. The third kappa shape index (κ3) is 2.17. The summed E-state index contributed by atoms with van der Waals surface area (Å²) in [5, 5.41) is 0. The van der Waals surface area contributed by atoms with Gasteiger partial charge in [0, 0.05) is 17.3 Å². The van der Waals surface area contributed by atoms with E-state index in [1.54, 1.807) is 12.4 Å². The second kappa shape index (κ2) is 5.84. The van der Waals surface area contributed by atoms with E-state index in [2.05, 4.69) is 31.6 Å². The van der Waals surface area contributed by atoms with Crippen LogP contribution in [0.1, 0.15) is 0 Å². The molecule has 0 fully saturated rings. The molecule has 0 N–H and O–H groups in total. The van der Waals surface area contributed by atoms with Crippen LogP contribution >= 0.6 is 0 Å². The molecule has 0 radical (unpaired) electrons. The van der Waals surface area contributed by atoms with Crippen LogP contribution < -0.4 is 35.4 Å². The highest BCUT2D eigenvalue weighted by Crippen LogP contribution is 2.37. The summed E-state index contributed by atoms with van der Waals surface area (Å²) in [6.07, 6.45) is 9.15. The summed E-state index contributed by atoms with van der Waals surface area (Å²) in [7, 11) is 4.03. The predicted molar refractivity (Wildman–Crippen MR) is 108 cm³/mol. The number of ether oxygens (including phenoxy) is 1. The van der Waals surface area contributed by atoms with Crippen LogP contribution in [0.5, 0.6) is 11.5 Å². The lowest BCUT2D eigenvalue weighted by molar-refractivity contribution is -0.661. The largest absolute Gasteiger partial charge is 0.451 e. The van der Waals surface area contributed by atoms with E-state index in [0.29, 0.717) is 0 Å². The second-order valence-corrected chi connectivity index (χ2v) is 7.28. The Morgan fingerprint density at radius 3 is 2.48 bits per heavy atom. The van der Waals surface area contributed by atoms with Gasteiger partial charge in [0.25, 0.3) is 12.7 Å². The molecule has 0 amide bonds. The van der Waals surface area contributed by atoms with Crippen LogP contribution in [0.25, 0.3) is 0 Å². The molecule has 0 spiro atoms. The first-order valence-corrected chi connectivity index (χ1v) is 9.43. The van der Waals surface area contributed by atoms with Crippen LogP contribution in [0, 0.1) is 0 Å². The first-order valence-electron chi connectivity index (χ1n) is 9.43. The minimum absolute atomic E-state index is 0.0339. The highest BCUT2D eigenvalue weighted by atomic mass is 16.5. The van der Waals surface area contributed by atoms with Crippen molar-refractivity contribution in [3.63, 3.8) is 0 Å². The zero-order valence-corrected chi connectivity index (χ0v) is 16.0. The normalized spacial score (nSPS) is 13.3. The maximum atomic E-state index is 6.27. The zero-order valence-electron chi connectivity index (χ0n) is 16.0. The van der Waals surface area contributed by atoms with Crippen molar-refractivity contribution in [1.82, 2.24) is 15.0 Å². The fourth-order valence-electron chi connectivity index (χ4n) is 4.42. The number of rotatable bonds is 1. The molecule has 7 nitrogen and oxygen atoms in total. The minimum atomic E-state index is -0.0339. The average molecular weight is 380 g/mol. The smallest absolute Gasteiger partial charge is 0.358 e. The molecule has 138 valence electrons. The maximum Gasteiger partial charge on any atom is 0.358 e. The fourth-order valence-corrected chi connectivity index (χ4v) is 4.42. The van der Waals surface area contributed by atoms with Gasteiger partial charge in [-0.25, -0.2) is 14.1 Å². The Bertz CT molecular complexity index is 1260. The van der Waals surface area contributed by atoms with Crippen molar-refractivity contribution >= 4 is 40.6 Å². The van der Waals surface area contributed by atoms with Crippen LogP contribution in [-0.2, 0) is 14.1 Å². The van der Waals surface area contributed by atoms with Gasteiger partial charge in [0.15, 0.2) is 12.4 Å². The molecule has 1 aromatic carbocycles. The second-order valence-electron chi connectivity index (χ2n) is 7.28. The summed E-state index contributed by atoms with van der Waals surface area (Å²) in [4.78, 5) is 15.7. The van der Waals surface area contributed by atoms with Gasteiger partial charge in [-0.15, -0.1) is 0 Å². The van der Waals surface area contributed by atoms with Crippen molar-refractivity contribution in [3.8, 4) is 11.5 Å². The number of para-hydroxylation sites is 1. The maximum absolute atomic E-state index is 6.27. The Morgan fingerprint density at radius 2 is 1.66 bits per heavy atom. The minimum Gasteiger partial charge on any atom is -0.451 e. The zero-order chi connectivity index (χ0) is 19.5. The van der Waals surface area contributed by atoms with Gasteiger partial charge < -0.3 is 4.74 Å². The molecule has 0 saturated heterocycles. The summed E-state index contributed by atoms with van der Waals surface area (Å²) in [6, 6.07) is 12.2.